The number of nitrogens with two attached hydrogens (primary N) is 1. The zero-order valence-corrected chi connectivity index (χ0v) is 12.3. The predicted octanol–water partition coefficient (Wildman–Crippen LogP) is 3.65. The van der Waals surface area contributed by atoms with Gasteiger partial charge in [0.15, 0.2) is 0 Å². The Balaban J connectivity index is 2.18. The minimum atomic E-state index is 0.105. The molecule has 0 bridgehead atoms. The van der Waals surface area contributed by atoms with Crippen LogP contribution in [0.5, 0.6) is 0 Å². The van der Waals surface area contributed by atoms with Gasteiger partial charge in [-0.1, -0.05) is 26.3 Å². The Morgan fingerprint density at radius 2 is 2.00 bits per heavy atom. The van der Waals surface area contributed by atoms with E-state index in [1.165, 1.54) is 0 Å². The molecule has 0 heterocycles. The van der Waals surface area contributed by atoms with E-state index in [-0.39, 0.29) is 17.2 Å². The first-order chi connectivity index (χ1) is 8.81. The van der Waals surface area contributed by atoms with Gasteiger partial charge in [0, 0.05) is 17.3 Å². The van der Waals surface area contributed by atoms with Crippen molar-refractivity contribution in [2.45, 2.75) is 47.0 Å². The standard InChI is InChI=1S/C16H24N2O/c1-10-8-11(2)14(9-13(10)17)18-15(19)12-6-5-7-16(12,3)4/h8-9,12H,5-7,17H2,1-4H3,(H,18,19). The monoisotopic (exact) mass is 260 g/mol. The van der Waals surface area contributed by atoms with Crippen molar-refractivity contribution in [1.29, 1.82) is 0 Å². The van der Waals surface area contributed by atoms with Crippen LogP contribution in [-0.2, 0) is 4.79 Å². The predicted molar refractivity (Wildman–Crippen MR) is 80.1 cm³/mol. The van der Waals surface area contributed by atoms with Crippen molar-refractivity contribution in [2.75, 3.05) is 11.1 Å². The Labute approximate surface area is 115 Å². The van der Waals surface area contributed by atoms with Crippen molar-refractivity contribution in [1.82, 2.24) is 0 Å². The summed E-state index contributed by atoms with van der Waals surface area (Å²) in [5.74, 6) is 0.239. The maximum absolute atomic E-state index is 12.4. The van der Waals surface area contributed by atoms with Crippen LogP contribution in [0.15, 0.2) is 12.1 Å². The third-order valence-electron chi connectivity index (χ3n) is 4.44. The van der Waals surface area contributed by atoms with E-state index in [1.54, 1.807) is 0 Å². The maximum atomic E-state index is 12.4. The molecule has 0 spiro atoms. The Hall–Kier alpha value is -1.51. The number of benzene rings is 1. The molecule has 1 fully saturated rings. The van der Waals surface area contributed by atoms with Gasteiger partial charge in [-0.15, -0.1) is 0 Å². The van der Waals surface area contributed by atoms with Gasteiger partial charge in [-0.05, 0) is 49.3 Å². The van der Waals surface area contributed by atoms with E-state index in [9.17, 15) is 4.79 Å². The summed E-state index contributed by atoms with van der Waals surface area (Å²) in [7, 11) is 0. The molecule has 1 saturated carbocycles. The molecule has 1 unspecified atom stereocenters. The molecule has 1 aliphatic carbocycles. The fourth-order valence-electron chi connectivity index (χ4n) is 3.04. The number of nitrogens with one attached hydrogen (secondary N) is 1. The Morgan fingerprint density at radius 1 is 1.32 bits per heavy atom. The lowest BCUT2D eigenvalue weighted by atomic mass is 9.81. The second-order valence-electron chi connectivity index (χ2n) is 6.45. The number of nitrogen functional groups attached to an aromatic ring is 1. The van der Waals surface area contributed by atoms with E-state index in [1.807, 2.05) is 26.0 Å². The van der Waals surface area contributed by atoms with Crippen LogP contribution < -0.4 is 11.1 Å². The Bertz CT molecular complexity index is 506. The number of hydrogen-bond donors (Lipinski definition) is 2. The molecule has 0 aliphatic heterocycles. The lowest BCUT2D eigenvalue weighted by molar-refractivity contribution is -0.122. The molecule has 3 N–H and O–H groups in total. The highest BCUT2D eigenvalue weighted by atomic mass is 16.1. The summed E-state index contributed by atoms with van der Waals surface area (Å²) >= 11 is 0. The molecule has 104 valence electrons. The normalized spacial score (nSPS) is 21.4. The highest BCUT2D eigenvalue weighted by Gasteiger charge is 2.39. The van der Waals surface area contributed by atoms with Crippen molar-refractivity contribution >= 4 is 17.3 Å². The van der Waals surface area contributed by atoms with E-state index in [4.69, 9.17) is 5.73 Å². The molecular formula is C16H24N2O. The Morgan fingerprint density at radius 3 is 2.58 bits per heavy atom. The van der Waals surface area contributed by atoms with E-state index >= 15 is 0 Å². The number of hydrogen-bond acceptors (Lipinski definition) is 2. The summed E-state index contributed by atoms with van der Waals surface area (Å²) in [5.41, 5.74) is 9.72. The lowest BCUT2D eigenvalue weighted by Crippen LogP contribution is -2.31. The van der Waals surface area contributed by atoms with E-state index in [2.05, 4.69) is 19.2 Å². The smallest absolute Gasteiger partial charge is 0.228 e. The highest BCUT2D eigenvalue weighted by molar-refractivity contribution is 5.94. The molecular weight excluding hydrogens is 236 g/mol. The first-order valence-electron chi connectivity index (χ1n) is 6.99. The summed E-state index contributed by atoms with van der Waals surface area (Å²) in [5, 5.41) is 3.06. The van der Waals surface area contributed by atoms with Crippen LogP contribution in [0, 0.1) is 25.2 Å². The number of aryl methyl sites for hydroxylation is 2. The fourth-order valence-corrected chi connectivity index (χ4v) is 3.04. The first-order valence-corrected chi connectivity index (χ1v) is 6.99. The van der Waals surface area contributed by atoms with Crippen molar-refractivity contribution in [3.63, 3.8) is 0 Å². The van der Waals surface area contributed by atoms with Gasteiger partial charge in [-0.3, -0.25) is 4.79 Å². The van der Waals surface area contributed by atoms with Gasteiger partial charge >= 0.3 is 0 Å². The van der Waals surface area contributed by atoms with Crippen LogP contribution in [0.4, 0.5) is 11.4 Å². The number of anilines is 2. The lowest BCUT2D eigenvalue weighted by Gasteiger charge is -2.26. The van der Waals surface area contributed by atoms with Crippen LogP contribution in [0.25, 0.3) is 0 Å². The van der Waals surface area contributed by atoms with Gasteiger partial charge in [0.1, 0.15) is 0 Å². The SMILES string of the molecule is Cc1cc(C)c(NC(=O)C2CCCC2(C)C)cc1N. The van der Waals surface area contributed by atoms with Crippen molar-refractivity contribution < 1.29 is 4.79 Å². The molecule has 1 aliphatic rings. The molecule has 1 aromatic carbocycles. The fraction of sp³-hybridized carbons (Fsp3) is 0.562. The molecule has 1 amide bonds. The quantitative estimate of drug-likeness (QED) is 0.797. The van der Waals surface area contributed by atoms with Gasteiger partial charge in [0.25, 0.3) is 0 Å². The van der Waals surface area contributed by atoms with Gasteiger partial charge in [0.2, 0.25) is 5.91 Å². The van der Waals surface area contributed by atoms with Crippen molar-refractivity contribution in [2.24, 2.45) is 11.3 Å². The molecule has 1 atom stereocenters. The van der Waals surface area contributed by atoms with Crippen molar-refractivity contribution in [3.8, 4) is 0 Å². The second kappa shape index (κ2) is 4.87. The second-order valence-corrected chi connectivity index (χ2v) is 6.45. The number of carbonyl (C=O) groups is 1. The van der Waals surface area contributed by atoms with Crippen LogP contribution >= 0.6 is 0 Å². The third-order valence-corrected chi connectivity index (χ3v) is 4.44. The van der Waals surface area contributed by atoms with E-state index in [0.29, 0.717) is 0 Å². The van der Waals surface area contributed by atoms with Crippen molar-refractivity contribution in [3.05, 3.63) is 23.3 Å². The summed E-state index contributed by atoms with van der Waals surface area (Å²) < 4.78 is 0. The first kappa shape index (κ1) is 13.9. The molecule has 3 heteroatoms. The summed E-state index contributed by atoms with van der Waals surface area (Å²) in [6.07, 6.45) is 3.25. The van der Waals surface area contributed by atoms with Gasteiger partial charge in [-0.25, -0.2) is 0 Å². The van der Waals surface area contributed by atoms with Crippen LogP contribution in [-0.4, -0.2) is 5.91 Å². The van der Waals surface area contributed by atoms with Crippen LogP contribution in [0.2, 0.25) is 0 Å². The number of amides is 1. The molecule has 0 aromatic heterocycles. The molecule has 2 rings (SSSR count). The Kier molecular flexibility index (Phi) is 3.57. The van der Waals surface area contributed by atoms with Gasteiger partial charge < -0.3 is 11.1 Å². The minimum Gasteiger partial charge on any atom is -0.398 e. The summed E-state index contributed by atoms with van der Waals surface area (Å²) in [6, 6.07) is 3.88. The van der Waals surface area contributed by atoms with Crippen LogP contribution in [0.1, 0.15) is 44.2 Å². The molecule has 3 nitrogen and oxygen atoms in total. The van der Waals surface area contributed by atoms with Crippen LogP contribution in [0.3, 0.4) is 0 Å². The number of carbonyl (C=O) groups excluding carboxylic acids is 1. The third kappa shape index (κ3) is 2.75. The largest absolute Gasteiger partial charge is 0.398 e. The highest BCUT2D eigenvalue weighted by Crippen LogP contribution is 2.43. The van der Waals surface area contributed by atoms with E-state index in [0.717, 1.165) is 41.8 Å². The zero-order valence-electron chi connectivity index (χ0n) is 12.3. The minimum absolute atomic E-state index is 0.105. The molecule has 1 aromatic rings. The molecule has 0 radical (unpaired) electrons. The molecule has 19 heavy (non-hydrogen) atoms. The van der Waals surface area contributed by atoms with Gasteiger partial charge in [0.05, 0.1) is 0 Å². The molecule has 0 saturated heterocycles. The maximum Gasteiger partial charge on any atom is 0.228 e. The summed E-state index contributed by atoms with van der Waals surface area (Å²) in [6.45, 7) is 8.34. The van der Waals surface area contributed by atoms with E-state index < -0.39 is 0 Å². The number of rotatable bonds is 2. The average molecular weight is 260 g/mol. The summed E-state index contributed by atoms with van der Waals surface area (Å²) in [4.78, 5) is 12.4. The van der Waals surface area contributed by atoms with Gasteiger partial charge in [-0.2, -0.15) is 0 Å². The topological polar surface area (TPSA) is 55.1 Å². The average Bonchev–Trinajstić information content (AvgIpc) is 2.65. The zero-order chi connectivity index (χ0) is 14.2.